The summed E-state index contributed by atoms with van der Waals surface area (Å²) < 4.78 is 27.4. The number of benzene rings is 3. The van der Waals surface area contributed by atoms with Crippen molar-refractivity contribution in [1.29, 1.82) is 0 Å². The van der Waals surface area contributed by atoms with Crippen LogP contribution in [0.5, 0.6) is 0 Å². The highest BCUT2D eigenvalue weighted by Crippen LogP contribution is 2.24. The molecule has 3 rings (SSSR count). The number of carbonyl (C=O) groups excluding carboxylic acids is 1. The molecule has 3 aromatic carbocycles. The van der Waals surface area contributed by atoms with Crippen LogP contribution in [-0.4, -0.2) is 33.0 Å². The average molecular weight is 410 g/mol. The number of carbonyl (C=O) groups is 1. The van der Waals surface area contributed by atoms with E-state index in [2.05, 4.69) is 5.32 Å². The molecule has 29 heavy (non-hydrogen) atoms. The van der Waals surface area contributed by atoms with Crippen molar-refractivity contribution in [2.24, 2.45) is 0 Å². The van der Waals surface area contributed by atoms with E-state index in [4.69, 9.17) is 0 Å². The van der Waals surface area contributed by atoms with Crippen molar-refractivity contribution in [1.82, 2.24) is 5.32 Å². The molecule has 0 aromatic heterocycles. The summed E-state index contributed by atoms with van der Waals surface area (Å²) in [6, 6.07) is 23.6. The fourth-order valence-electron chi connectivity index (χ4n) is 2.88. The van der Waals surface area contributed by atoms with Crippen LogP contribution in [0.3, 0.4) is 0 Å². The van der Waals surface area contributed by atoms with Gasteiger partial charge in [-0.05, 0) is 29.8 Å². The van der Waals surface area contributed by atoms with Gasteiger partial charge in [0.25, 0.3) is 15.9 Å². The molecule has 0 aliphatic heterocycles. The molecule has 0 saturated heterocycles. The van der Waals surface area contributed by atoms with Crippen LogP contribution in [0.2, 0.25) is 0 Å². The van der Waals surface area contributed by atoms with Crippen molar-refractivity contribution < 1.29 is 18.3 Å². The van der Waals surface area contributed by atoms with E-state index in [1.54, 1.807) is 66.7 Å². The summed E-state index contributed by atoms with van der Waals surface area (Å²) in [7, 11) is -2.51. The number of sulfonamides is 1. The number of nitrogens with zero attached hydrogens (tertiary/aromatic N) is 1. The first-order chi connectivity index (χ1) is 13.9. The first kappa shape index (κ1) is 20.6. The molecule has 1 unspecified atom stereocenters. The fraction of sp³-hybridized carbons (Fsp3) is 0.136. The predicted octanol–water partition coefficient (Wildman–Crippen LogP) is 2.98. The number of nitrogens with one attached hydrogen (secondary N) is 1. The van der Waals surface area contributed by atoms with E-state index in [1.165, 1.54) is 19.2 Å². The van der Waals surface area contributed by atoms with Crippen molar-refractivity contribution in [2.45, 2.75) is 11.0 Å². The highest BCUT2D eigenvalue weighted by Gasteiger charge is 2.26. The molecule has 1 atom stereocenters. The Balaban J connectivity index is 1.82. The summed E-state index contributed by atoms with van der Waals surface area (Å²) in [5, 5.41) is 12.9. The SMILES string of the molecule is CN(c1ccccc1)S(=O)(=O)c1ccccc1C(=O)NCC(O)c1ccccc1. The lowest BCUT2D eigenvalue weighted by molar-refractivity contribution is 0.0913. The second-order valence-electron chi connectivity index (χ2n) is 6.44. The zero-order valence-electron chi connectivity index (χ0n) is 15.9. The normalized spacial score (nSPS) is 12.2. The maximum absolute atomic E-state index is 13.1. The Bertz CT molecular complexity index is 1070. The van der Waals surface area contributed by atoms with Gasteiger partial charge in [0.1, 0.15) is 4.90 Å². The van der Waals surface area contributed by atoms with E-state index >= 15 is 0 Å². The lowest BCUT2D eigenvalue weighted by Gasteiger charge is -2.21. The van der Waals surface area contributed by atoms with Crippen LogP contribution in [0.4, 0.5) is 5.69 Å². The molecule has 0 bridgehead atoms. The monoisotopic (exact) mass is 410 g/mol. The van der Waals surface area contributed by atoms with Crippen molar-refractivity contribution in [3.8, 4) is 0 Å². The Kier molecular flexibility index (Phi) is 6.31. The van der Waals surface area contributed by atoms with Gasteiger partial charge >= 0.3 is 0 Å². The minimum Gasteiger partial charge on any atom is -0.387 e. The van der Waals surface area contributed by atoms with Crippen molar-refractivity contribution in [3.63, 3.8) is 0 Å². The molecule has 6 nitrogen and oxygen atoms in total. The van der Waals surface area contributed by atoms with Crippen LogP contribution in [0.1, 0.15) is 22.0 Å². The van der Waals surface area contributed by atoms with Crippen molar-refractivity contribution in [3.05, 3.63) is 96.1 Å². The summed E-state index contributed by atoms with van der Waals surface area (Å²) in [5.74, 6) is -0.569. The molecule has 0 saturated carbocycles. The summed E-state index contributed by atoms with van der Waals surface area (Å²) >= 11 is 0. The number of aliphatic hydroxyl groups is 1. The lowest BCUT2D eigenvalue weighted by Crippen LogP contribution is -2.32. The zero-order valence-corrected chi connectivity index (χ0v) is 16.7. The van der Waals surface area contributed by atoms with Crippen LogP contribution in [-0.2, 0) is 10.0 Å². The smallest absolute Gasteiger partial charge is 0.264 e. The Morgan fingerprint density at radius 1 is 0.931 bits per heavy atom. The topological polar surface area (TPSA) is 86.7 Å². The number of rotatable bonds is 7. The van der Waals surface area contributed by atoms with Gasteiger partial charge in [-0.2, -0.15) is 0 Å². The molecule has 0 spiro atoms. The molecular formula is C22H22N2O4S. The van der Waals surface area contributed by atoms with E-state index in [-0.39, 0.29) is 17.0 Å². The van der Waals surface area contributed by atoms with Gasteiger partial charge in [0, 0.05) is 13.6 Å². The quantitative estimate of drug-likeness (QED) is 0.627. The van der Waals surface area contributed by atoms with E-state index in [9.17, 15) is 18.3 Å². The second-order valence-corrected chi connectivity index (χ2v) is 8.38. The Morgan fingerprint density at radius 2 is 1.48 bits per heavy atom. The maximum Gasteiger partial charge on any atom is 0.264 e. The molecule has 0 aliphatic rings. The zero-order chi connectivity index (χ0) is 20.9. The van der Waals surface area contributed by atoms with Crippen LogP contribution >= 0.6 is 0 Å². The van der Waals surface area contributed by atoms with Gasteiger partial charge in [0.15, 0.2) is 0 Å². The number of hydrogen-bond acceptors (Lipinski definition) is 4. The molecule has 7 heteroatoms. The largest absolute Gasteiger partial charge is 0.387 e. The van der Waals surface area contributed by atoms with E-state index < -0.39 is 22.0 Å². The average Bonchev–Trinajstić information content (AvgIpc) is 2.77. The molecular weight excluding hydrogens is 388 g/mol. The Morgan fingerprint density at radius 3 is 2.14 bits per heavy atom. The highest BCUT2D eigenvalue weighted by atomic mass is 32.2. The van der Waals surface area contributed by atoms with E-state index in [0.717, 1.165) is 4.31 Å². The summed E-state index contributed by atoms with van der Waals surface area (Å²) in [5.41, 5.74) is 1.18. The standard InChI is InChI=1S/C22H22N2O4S/c1-24(18-12-6-3-7-13-18)29(27,28)21-15-9-8-14-19(21)22(26)23-16-20(25)17-10-4-2-5-11-17/h2-15,20,25H,16H2,1H3,(H,23,26). The third-order valence-corrected chi connectivity index (χ3v) is 6.37. The van der Waals surface area contributed by atoms with Gasteiger partial charge in [-0.1, -0.05) is 60.7 Å². The van der Waals surface area contributed by atoms with Crippen LogP contribution < -0.4 is 9.62 Å². The van der Waals surface area contributed by atoms with Gasteiger partial charge in [0.05, 0.1) is 17.4 Å². The van der Waals surface area contributed by atoms with Crippen LogP contribution in [0.15, 0.2) is 89.8 Å². The molecule has 0 heterocycles. The number of anilines is 1. The summed E-state index contributed by atoms with van der Waals surface area (Å²) in [6.45, 7) is -0.0360. The van der Waals surface area contributed by atoms with Crippen molar-refractivity contribution in [2.75, 3.05) is 17.9 Å². The molecule has 2 N–H and O–H groups in total. The van der Waals surface area contributed by atoms with Crippen LogP contribution in [0, 0.1) is 0 Å². The van der Waals surface area contributed by atoms with Gasteiger partial charge in [-0.3, -0.25) is 9.10 Å². The number of hydrogen-bond donors (Lipinski definition) is 2. The summed E-state index contributed by atoms with van der Waals surface area (Å²) in [4.78, 5) is 12.6. The summed E-state index contributed by atoms with van der Waals surface area (Å²) in [6.07, 6.45) is -0.893. The maximum atomic E-state index is 13.1. The molecule has 1 amide bonds. The molecule has 3 aromatic rings. The van der Waals surface area contributed by atoms with E-state index in [1.807, 2.05) is 6.07 Å². The van der Waals surface area contributed by atoms with Gasteiger partial charge in [0.2, 0.25) is 0 Å². The molecule has 0 aliphatic carbocycles. The minimum absolute atomic E-state index is 0.0237. The molecule has 0 radical (unpaired) electrons. The van der Waals surface area contributed by atoms with Crippen molar-refractivity contribution >= 4 is 21.6 Å². The van der Waals surface area contributed by atoms with Gasteiger partial charge in [-0.25, -0.2) is 8.42 Å². The number of aliphatic hydroxyl groups excluding tert-OH is 1. The lowest BCUT2D eigenvalue weighted by atomic mass is 10.1. The third-order valence-electron chi connectivity index (χ3n) is 4.53. The number of para-hydroxylation sites is 1. The highest BCUT2D eigenvalue weighted by molar-refractivity contribution is 7.92. The molecule has 150 valence electrons. The van der Waals surface area contributed by atoms with E-state index in [0.29, 0.717) is 11.3 Å². The number of amides is 1. The first-order valence-electron chi connectivity index (χ1n) is 9.05. The van der Waals surface area contributed by atoms with Gasteiger partial charge < -0.3 is 10.4 Å². The minimum atomic E-state index is -3.95. The first-order valence-corrected chi connectivity index (χ1v) is 10.5. The Labute approximate surface area is 170 Å². The Hall–Kier alpha value is -3.16. The predicted molar refractivity (Wildman–Crippen MR) is 112 cm³/mol. The van der Waals surface area contributed by atoms with Gasteiger partial charge in [-0.15, -0.1) is 0 Å². The fourth-order valence-corrected chi connectivity index (χ4v) is 4.26. The third kappa shape index (κ3) is 4.64. The molecule has 0 fully saturated rings. The second kappa shape index (κ2) is 8.89. The van der Waals surface area contributed by atoms with Crippen LogP contribution in [0.25, 0.3) is 0 Å².